The lowest BCUT2D eigenvalue weighted by atomic mass is 9.47. The Balaban J connectivity index is 2.03. The van der Waals surface area contributed by atoms with Crippen molar-refractivity contribution in [2.24, 2.45) is 11.3 Å². The van der Waals surface area contributed by atoms with Gasteiger partial charge in [-0.25, -0.2) is 0 Å². The molecule has 1 fully saturated rings. The van der Waals surface area contributed by atoms with Crippen LogP contribution in [-0.2, 0) is 6.42 Å². The van der Waals surface area contributed by atoms with Crippen LogP contribution in [0.15, 0.2) is 31.5 Å². The van der Waals surface area contributed by atoms with Gasteiger partial charge in [-0.15, -0.1) is 0 Å². The number of nitrogens with zero attached hydrogens (tertiary/aromatic N) is 1. The van der Waals surface area contributed by atoms with Crippen LogP contribution in [-0.4, -0.2) is 4.98 Å². The molecule has 1 aromatic rings. The molecule has 0 saturated heterocycles. The molecule has 2 bridgehead atoms. The third-order valence-electron chi connectivity index (χ3n) is 4.91. The molecule has 0 radical (unpaired) electrons. The van der Waals surface area contributed by atoms with E-state index in [4.69, 9.17) is 0 Å². The Kier molecular flexibility index (Phi) is 2.10. The van der Waals surface area contributed by atoms with Crippen molar-refractivity contribution in [2.45, 2.75) is 32.6 Å². The molecule has 1 aromatic heterocycles. The molecule has 3 aliphatic rings. The average molecular weight is 225 g/mol. The second-order valence-electron chi connectivity index (χ2n) is 6.01. The summed E-state index contributed by atoms with van der Waals surface area (Å²) in [6.45, 7) is 12.5. The van der Waals surface area contributed by atoms with Crippen molar-refractivity contribution in [3.63, 3.8) is 0 Å². The van der Waals surface area contributed by atoms with Crippen LogP contribution in [0.3, 0.4) is 0 Å². The fourth-order valence-corrected chi connectivity index (χ4v) is 3.43. The molecule has 2 unspecified atom stereocenters. The molecule has 0 aliphatic heterocycles. The van der Waals surface area contributed by atoms with Gasteiger partial charge in [0.2, 0.25) is 0 Å². The van der Waals surface area contributed by atoms with Crippen LogP contribution in [0.25, 0.3) is 5.57 Å². The molecule has 0 aromatic carbocycles. The van der Waals surface area contributed by atoms with Gasteiger partial charge in [0.05, 0.1) is 5.69 Å². The molecular weight excluding hydrogens is 206 g/mol. The number of pyridine rings is 1. The van der Waals surface area contributed by atoms with E-state index in [0.717, 1.165) is 23.1 Å². The van der Waals surface area contributed by atoms with Gasteiger partial charge in [-0.3, -0.25) is 4.98 Å². The van der Waals surface area contributed by atoms with Crippen molar-refractivity contribution in [1.82, 2.24) is 4.98 Å². The maximum Gasteiger partial charge on any atom is 0.0698 e. The molecular formula is C16H19N. The summed E-state index contributed by atoms with van der Waals surface area (Å²) in [5.41, 5.74) is 5.34. The quantitative estimate of drug-likeness (QED) is 0.694. The number of allylic oxidation sites excluding steroid dienone is 2. The lowest BCUT2D eigenvalue weighted by Crippen LogP contribution is -2.48. The highest BCUT2D eigenvalue weighted by molar-refractivity contribution is 5.69. The Hall–Kier alpha value is -1.37. The highest BCUT2D eigenvalue weighted by Crippen LogP contribution is 2.61. The standard InChI is InChI=1S/C16H19N/c1-5-10(2)15-7-11-6-12-8-14(16(12,3)4)13(11)9-17-15/h5,7,9,12,14H,1-2,6,8H2,3-4H3. The third-order valence-corrected chi connectivity index (χ3v) is 4.91. The van der Waals surface area contributed by atoms with Gasteiger partial charge in [0.15, 0.2) is 0 Å². The van der Waals surface area contributed by atoms with Gasteiger partial charge >= 0.3 is 0 Å². The Morgan fingerprint density at radius 2 is 2.29 bits per heavy atom. The van der Waals surface area contributed by atoms with Gasteiger partial charge < -0.3 is 0 Å². The Bertz CT molecular complexity index is 510. The first-order valence-electron chi connectivity index (χ1n) is 6.34. The van der Waals surface area contributed by atoms with Crippen LogP contribution >= 0.6 is 0 Å². The number of hydrogen-bond acceptors (Lipinski definition) is 1. The molecule has 88 valence electrons. The van der Waals surface area contributed by atoms with Crippen LogP contribution in [0.4, 0.5) is 0 Å². The lowest BCUT2D eigenvalue weighted by molar-refractivity contribution is 0.0182. The second kappa shape index (κ2) is 3.32. The van der Waals surface area contributed by atoms with E-state index in [0.29, 0.717) is 5.41 Å². The summed E-state index contributed by atoms with van der Waals surface area (Å²) in [6.07, 6.45) is 6.41. The van der Waals surface area contributed by atoms with Gasteiger partial charge in [0, 0.05) is 6.20 Å². The summed E-state index contributed by atoms with van der Waals surface area (Å²) in [5, 5.41) is 0. The van der Waals surface area contributed by atoms with Crippen LogP contribution in [0.2, 0.25) is 0 Å². The van der Waals surface area contributed by atoms with Crippen molar-refractivity contribution in [3.8, 4) is 0 Å². The minimum absolute atomic E-state index is 0.478. The molecule has 17 heavy (non-hydrogen) atoms. The first-order chi connectivity index (χ1) is 8.04. The number of rotatable bonds is 2. The highest BCUT2D eigenvalue weighted by atomic mass is 14.7. The smallest absolute Gasteiger partial charge is 0.0698 e. The molecule has 3 aliphatic carbocycles. The minimum atomic E-state index is 0.478. The zero-order valence-electron chi connectivity index (χ0n) is 10.7. The van der Waals surface area contributed by atoms with Crippen molar-refractivity contribution < 1.29 is 0 Å². The number of hydrogen-bond donors (Lipinski definition) is 0. The molecule has 2 atom stereocenters. The molecule has 0 amide bonds. The van der Waals surface area contributed by atoms with Gasteiger partial charge in [-0.1, -0.05) is 33.1 Å². The van der Waals surface area contributed by atoms with Crippen LogP contribution in [0.5, 0.6) is 0 Å². The monoisotopic (exact) mass is 225 g/mol. The molecule has 4 rings (SSSR count). The topological polar surface area (TPSA) is 12.9 Å². The molecule has 1 saturated carbocycles. The highest BCUT2D eigenvalue weighted by Gasteiger charge is 2.52. The molecule has 1 nitrogen and oxygen atoms in total. The van der Waals surface area contributed by atoms with Crippen molar-refractivity contribution in [1.29, 1.82) is 0 Å². The van der Waals surface area contributed by atoms with E-state index in [-0.39, 0.29) is 0 Å². The molecule has 1 heterocycles. The van der Waals surface area contributed by atoms with E-state index in [1.165, 1.54) is 24.0 Å². The summed E-state index contributed by atoms with van der Waals surface area (Å²) in [6, 6.07) is 2.22. The normalized spacial score (nSPS) is 27.9. The predicted octanol–water partition coefficient (Wildman–Crippen LogP) is 3.97. The molecule has 1 heteroatoms. The van der Waals surface area contributed by atoms with Gasteiger partial charge in [-0.2, -0.15) is 0 Å². The van der Waals surface area contributed by atoms with E-state index >= 15 is 0 Å². The summed E-state index contributed by atoms with van der Waals surface area (Å²) < 4.78 is 0. The number of aromatic nitrogens is 1. The van der Waals surface area contributed by atoms with Crippen molar-refractivity contribution >= 4 is 5.57 Å². The zero-order valence-corrected chi connectivity index (χ0v) is 10.7. The van der Waals surface area contributed by atoms with E-state index in [9.17, 15) is 0 Å². The Morgan fingerprint density at radius 3 is 2.94 bits per heavy atom. The van der Waals surface area contributed by atoms with Crippen molar-refractivity contribution in [3.05, 3.63) is 48.3 Å². The van der Waals surface area contributed by atoms with Crippen LogP contribution in [0, 0.1) is 11.3 Å². The maximum atomic E-state index is 4.53. The second-order valence-corrected chi connectivity index (χ2v) is 6.01. The van der Waals surface area contributed by atoms with E-state index in [1.807, 2.05) is 0 Å². The third kappa shape index (κ3) is 1.35. The summed E-state index contributed by atoms with van der Waals surface area (Å²) in [5.74, 6) is 1.57. The predicted molar refractivity (Wildman–Crippen MR) is 71.8 cm³/mol. The maximum absolute atomic E-state index is 4.53. The van der Waals surface area contributed by atoms with Gasteiger partial charge in [0.25, 0.3) is 0 Å². The van der Waals surface area contributed by atoms with Gasteiger partial charge in [-0.05, 0) is 52.9 Å². The Labute approximate surface area is 103 Å². The van der Waals surface area contributed by atoms with E-state index in [2.05, 4.69) is 44.3 Å². The van der Waals surface area contributed by atoms with E-state index < -0.39 is 0 Å². The summed E-state index contributed by atoms with van der Waals surface area (Å²) >= 11 is 0. The zero-order chi connectivity index (χ0) is 12.2. The first kappa shape index (κ1) is 10.8. The first-order valence-corrected chi connectivity index (χ1v) is 6.34. The van der Waals surface area contributed by atoms with Crippen LogP contribution in [0.1, 0.15) is 43.0 Å². The fourth-order valence-electron chi connectivity index (χ4n) is 3.43. The van der Waals surface area contributed by atoms with Gasteiger partial charge in [0.1, 0.15) is 0 Å². The minimum Gasteiger partial charge on any atom is -0.256 e. The fraction of sp³-hybridized carbons (Fsp3) is 0.438. The van der Waals surface area contributed by atoms with Crippen LogP contribution < -0.4 is 0 Å². The molecule has 0 N–H and O–H groups in total. The summed E-state index contributed by atoms with van der Waals surface area (Å²) in [7, 11) is 0. The SMILES string of the molecule is C=CC(=C)c1cc2c(cn1)C1CC(C2)C1(C)C. The lowest BCUT2D eigenvalue weighted by Gasteiger charge is -2.57. The Morgan fingerprint density at radius 1 is 1.53 bits per heavy atom. The molecule has 0 spiro atoms. The van der Waals surface area contributed by atoms with E-state index in [1.54, 1.807) is 6.08 Å². The van der Waals surface area contributed by atoms with Crippen molar-refractivity contribution in [2.75, 3.05) is 0 Å². The summed E-state index contributed by atoms with van der Waals surface area (Å²) in [4.78, 5) is 4.53. The average Bonchev–Trinajstić information content (AvgIpc) is 2.36. The largest absolute Gasteiger partial charge is 0.256 e.